The van der Waals surface area contributed by atoms with Crippen LogP contribution in [0.1, 0.15) is 26.7 Å². The Morgan fingerprint density at radius 1 is 1.19 bits per heavy atom. The van der Waals surface area contributed by atoms with Crippen LogP contribution < -0.4 is 10.6 Å². The third-order valence-electron chi connectivity index (χ3n) is 3.49. The zero-order valence-electron chi connectivity index (χ0n) is 15.1. The van der Waals surface area contributed by atoms with E-state index in [0.717, 1.165) is 22.8 Å². The van der Waals surface area contributed by atoms with Gasteiger partial charge in [0.2, 0.25) is 0 Å². The highest BCUT2D eigenvalue weighted by Gasteiger charge is 2.29. The lowest BCUT2D eigenvalue weighted by atomic mass is 10.1. The summed E-state index contributed by atoms with van der Waals surface area (Å²) in [5, 5.41) is 7.14. The number of alkyl halides is 3. The van der Waals surface area contributed by atoms with Gasteiger partial charge in [-0.3, -0.25) is 4.99 Å². The number of nitrogens with one attached hydrogen (secondary N) is 2. The summed E-state index contributed by atoms with van der Waals surface area (Å²) < 4.78 is 37.5. The normalized spacial score (nSPS) is 11.3. The van der Waals surface area contributed by atoms with Gasteiger partial charge in [-0.1, -0.05) is 11.8 Å². The summed E-state index contributed by atoms with van der Waals surface area (Å²) in [6, 6.07) is 4.76. The number of thiazole rings is 1. The molecule has 0 fully saturated rings. The SMILES string of the molecule is CN=C(NCC#Cc1ccc(C(F)(F)F)cc1)NCc1nc(C)c(C)s1.I. The predicted molar refractivity (Wildman–Crippen MR) is 114 cm³/mol. The molecule has 4 nitrogen and oxygen atoms in total. The van der Waals surface area contributed by atoms with Gasteiger partial charge in [-0.25, -0.2) is 4.98 Å². The largest absolute Gasteiger partial charge is 0.416 e. The first-order valence-electron chi connectivity index (χ1n) is 7.83. The molecule has 0 saturated heterocycles. The number of halogens is 4. The van der Waals surface area contributed by atoms with Crippen LogP contribution in [0.4, 0.5) is 13.2 Å². The van der Waals surface area contributed by atoms with Crippen molar-refractivity contribution in [2.45, 2.75) is 26.6 Å². The minimum absolute atomic E-state index is 0. The molecule has 0 bridgehead atoms. The van der Waals surface area contributed by atoms with E-state index in [1.807, 2.05) is 13.8 Å². The van der Waals surface area contributed by atoms with Crippen molar-refractivity contribution < 1.29 is 13.2 Å². The van der Waals surface area contributed by atoms with E-state index in [1.54, 1.807) is 18.4 Å². The summed E-state index contributed by atoms with van der Waals surface area (Å²) in [5.41, 5.74) is 0.868. The Balaban J connectivity index is 0.00000364. The molecule has 1 heterocycles. The number of nitrogens with zero attached hydrogens (tertiary/aromatic N) is 2. The van der Waals surface area contributed by atoms with Crippen molar-refractivity contribution in [3.63, 3.8) is 0 Å². The van der Waals surface area contributed by atoms with E-state index in [-0.39, 0.29) is 24.0 Å². The first kappa shape index (κ1) is 23.2. The lowest BCUT2D eigenvalue weighted by Gasteiger charge is -2.08. The van der Waals surface area contributed by atoms with E-state index in [0.29, 0.717) is 24.6 Å². The van der Waals surface area contributed by atoms with Crippen molar-refractivity contribution in [3.8, 4) is 11.8 Å². The zero-order chi connectivity index (χ0) is 19.2. The van der Waals surface area contributed by atoms with Crippen LogP contribution in [-0.4, -0.2) is 24.5 Å². The topological polar surface area (TPSA) is 49.3 Å². The summed E-state index contributed by atoms with van der Waals surface area (Å²) in [7, 11) is 1.65. The number of aromatic nitrogens is 1. The third-order valence-corrected chi connectivity index (χ3v) is 4.57. The van der Waals surface area contributed by atoms with Gasteiger partial charge in [0.1, 0.15) is 5.01 Å². The van der Waals surface area contributed by atoms with Gasteiger partial charge < -0.3 is 10.6 Å². The molecule has 2 rings (SSSR count). The number of rotatable bonds is 3. The Morgan fingerprint density at radius 2 is 1.85 bits per heavy atom. The predicted octanol–water partition coefficient (Wildman–Crippen LogP) is 4.11. The third kappa shape index (κ3) is 7.38. The Hall–Kier alpha value is -1.80. The maximum atomic E-state index is 12.5. The van der Waals surface area contributed by atoms with E-state index in [1.165, 1.54) is 17.0 Å². The smallest absolute Gasteiger partial charge is 0.350 e. The molecule has 2 aromatic rings. The molecular weight excluding hydrogens is 488 g/mol. The quantitative estimate of drug-likeness (QED) is 0.284. The number of aryl methyl sites for hydroxylation is 2. The van der Waals surface area contributed by atoms with Gasteiger partial charge in [-0.05, 0) is 38.1 Å². The molecule has 0 unspecified atom stereocenters. The van der Waals surface area contributed by atoms with Crippen molar-refractivity contribution in [3.05, 3.63) is 51.0 Å². The zero-order valence-corrected chi connectivity index (χ0v) is 18.2. The Labute approximate surface area is 177 Å². The van der Waals surface area contributed by atoms with Crippen LogP contribution in [0.3, 0.4) is 0 Å². The Bertz CT molecular complexity index is 814. The number of hydrogen-bond donors (Lipinski definition) is 2. The van der Waals surface area contributed by atoms with Crippen LogP contribution in [0.15, 0.2) is 29.3 Å². The Morgan fingerprint density at radius 3 is 2.37 bits per heavy atom. The lowest BCUT2D eigenvalue weighted by Crippen LogP contribution is -2.36. The molecule has 1 aromatic carbocycles. The van der Waals surface area contributed by atoms with Crippen LogP contribution in [0.25, 0.3) is 0 Å². The molecule has 27 heavy (non-hydrogen) atoms. The van der Waals surface area contributed by atoms with Gasteiger partial charge in [0.25, 0.3) is 0 Å². The minimum atomic E-state index is -4.33. The molecule has 0 radical (unpaired) electrons. The van der Waals surface area contributed by atoms with E-state index in [4.69, 9.17) is 0 Å². The highest BCUT2D eigenvalue weighted by Crippen LogP contribution is 2.28. The number of guanidine groups is 1. The average molecular weight is 508 g/mol. The van der Waals surface area contributed by atoms with Crippen LogP contribution in [0.2, 0.25) is 0 Å². The van der Waals surface area contributed by atoms with Crippen molar-refractivity contribution in [1.82, 2.24) is 15.6 Å². The molecule has 0 saturated carbocycles. The van der Waals surface area contributed by atoms with E-state index >= 15 is 0 Å². The van der Waals surface area contributed by atoms with Gasteiger partial charge >= 0.3 is 6.18 Å². The maximum absolute atomic E-state index is 12.5. The van der Waals surface area contributed by atoms with Crippen molar-refractivity contribution >= 4 is 41.3 Å². The second-order valence-electron chi connectivity index (χ2n) is 5.41. The number of benzene rings is 1. The molecule has 2 N–H and O–H groups in total. The number of hydrogen-bond acceptors (Lipinski definition) is 3. The second kappa shape index (κ2) is 10.5. The summed E-state index contributed by atoms with van der Waals surface area (Å²) >= 11 is 1.63. The summed E-state index contributed by atoms with van der Waals surface area (Å²) in [5.74, 6) is 6.26. The fourth-order valence-corrected chi connectivity index (χ4v) is 2.89. The van der Waals surface area contributed by atoms with Crippen LogP contribution in [0, 0.1) is 25.7 Å². The lowest BCUT2D eigenvalue weighted by molar-refractivity contribution is -0.137. The van der Waals surface area contributed by atoms with Crippen LogP contribution in [0.5, 0.6) is 0 Å². The van der Waals surface area contributed by atoms with Crippen LogP contribution in [-0.2, 0) is 12.7 Å². The van der Waals surface area contributed by atoms with E-state index in [2.05, 4.69) is 32.5 Å². The first-order valence-corrected chi connectivity index (χ1v) is 8.65. The highest BCUT2D eigenvalue weighted by atomic mass is 127. The molecule has 0 aliphatic heterocycles. The molecule has 0 amide bonds. The first-order chi connectivity index (χ1) is 12.3. The summed E-state index contributed by atoms with van der Waals surface area (Å²) in [6.45, 7) is 4.88. The fourth-order valence-electron chi connectivity index (χ4n) is 2.01. The van der Waals surface area contributed by atoms with Gasteiger partial charge in [0.05, 0.1) is 24.3 Å². The molecular formula is C18H20F3IN4S. The highest BCUT2D eigenvalue weighted by molar-refractivity contribution is 14.0. The molecule has 9 heteroatoms. The van der Waals surface area contributed by atoms with Crippen molar-refractivity contribution in [2.24, 2.45) is 4.99 Å². The molecule has 0 spiro atoms. The molecule has 0 aliphatic carbocycles. The second-order valence-corrected chi connectivity index (χ2v) is 6.69. The van der Waals surface area contributed by atoms with Gasteiger partial charge in [-0.2, -0.15) is 13.2 Å². The Kier molecular flexibility index (Phi) is 9.05. The van der Waals surface area contributed by atoms with Gasteiger partial charge in [-0.15, -0.1) is 35.3 Å². The summed E-state index contributed by atoms with van der Waals surface area (Å²) in [4.78, 5) is 9.72. The number of aliphatic imine (C=N–C) groups is 1. The molecule has 0 aliphatic rings. The maximum Gasteiger partial charge on any atom is 0.416 e. The van der Waals surface area contributed by atoms with Gasteiger partial charge in [0, 0.05) is 17.5 Å². The monoisotopic (exact) mass is 508 g/mol. The van der Waals surface area contributed by atoms with Gasteiger partial charge in [0.15, 0.2) is 5.96 Å². The van der Waals surface area contributed by atoms with Crippen LogP contribution >= 0.6 is 35.3 Å². The van der Waals surface area contributed by atoms with Crippen molar-refractivity contribution in [2.75, 3.05) is 13.6 Å². The fraction of sp³-hybridized carbons (Fsp3) is 0.333. The average Bonchev–Trinajstić information content (AvgIpc) is 2.92. The van der Waals surface area contributed by atoms with E-state index < -0.39 is 11.7 Å². The van der Waals surface area contributed by atoms with E-state index in [9.17, 15) is 13.2 Å². The molecule has 0 atom stereocenters. The molecule has 146 valence electrons. The summed E-state index contributed by atoms with van der Waals surface area (Å²) in [6.07, 6.45) is -4.33. The van der Waals surface area contributed by atoms with Crippen molar-refractivity contribution in [1.29, 1.82) is 0 Å². The molecule has 1 aromatic heterocycles. The minimum Gasteiger partial charge on any atom is -0.350 e. The standard InChI is InChI=1S/C18H19F3N4S.HI/c1-12-13(2)26-16(25-12)11-24-17(22-3)23-10-4-5-14-6-8-15(9-7-14)18(19,20)21;/h6-9H,10-11H2,1-3H3,(H2,22,23,24);1H.